The van der Waals surface area contributed by atoms with Crippen molar-refractivity contribution in [3.8, 4) is 6.07 Å². The number of ether oxygens (including phenoxy) is 1. The molecule has 0 aliphatic rings. The highest BCUT2D eigenvalue weighted by Crippen LogP contribution is 2.21. The zero-order valence-corrected chi connectivity index (χ0v) is 11.9. The Morgan fingerprint density at radius 2 is 1.95 bits per heavy atom. The molecular weight excluding hydrogens is 234 g/mol. The van der Waals surface area contributed by atoms with E-state index in [1.54, 1.807) is 0 Å². The van der Waals surface area contributed by atoms with E-state index in [-0.39, 0.29) is 5.41 Å². The Morgan fingerprint density at radius 3 is 2.63 bits per heavy atom. The van der Waals surface area contributed by atoms with Crippen LogP contribution in [0.15, 0.2) is 36.4 Å². The van der Waals surface area contributed by atoms with Gasteiger partial charge in [-0.25, -0.2) is 0 Å². The SMILES string of the molecule is CC(C)(C#N)CCCCOC/C=C/c1ccccc1. The molecule has 0 N–H and O–H groups in total. The van der Waals surface area contributed by atoms with Crippen LogP contribution in [0.1, 0.15) is 38.7 Å². The molecule has 0 fully saturated rings. The van der Waals surface area contributed by atoms with E-state index in [4.69, 9.17) is 10.00 Å². The van der Waals surface area contributed by atoms with Crippen molar-refractivity contribution < 1.29 is 4.74 Å². The molecule has 0 radical (unpaired) electrons. The van der Waals surface area contributed by atoms with E-state index in [2.05, 4.69) is 24.3 Å². The van der Waals surface area contributed by atoms with Crippen LogP contribution in [0, 0.1) is 16.7 Å². The Morgan fingerprint density at radius 1 is 1.21 bits per heavy atom. The Labute approximate surface area is 116 Å². The summed E-state index contributed by atoms with van der Waals surface area (Å²) in [5.74, 6) is 0. The van der Waals surface area contributed by atoms with Gasteiger partial charge in [0, 0.05) is 6.61 Å². The molecule has 0 aliphatic heterocycles. The molecule has 1 rings (SSSR count). The van der Waals surface area contributed by atoms with Gasteiger partial charge < -0.3 is 4.74 Å². The second-order valence-electron chi connectivity index (χ2n) is 5.34. The molecule has 0 saturated heterocycles. The molecule has 19 heavy (non-hydrogen) atoms. The highest BCUT2D eigenvalue weighted by molar-refractivity contribution is 5.48. The molecule has 0 aromatic heterocycles. The van der Waals surface area contributed by atoms with Crippen molar-refractivity contribution in [3.05, 3.63) is 42.0 Å². The molecule has 1 aromatic carbocycles. The minimum absolute atomic E-state index is 0.201. The fourth-order valence-electron chi connectivity index (χ4n) is 1.73. The monoisotopic (exact) mass is 257 g/mol. The molecule has 1 aromatic rings. The summed E-state index contributed by atoms with van der Waals surface area (Å²) in [4.78, 5) is 0. The van der Waals surface area contributed by atoms with Gasteiger partial charge in [0.25, 0.3) is 0 Å². The van der Waals surface area contributed by atoms with E-state index >= 15 is 0 Å². The molecule has 0 heterocycles. The van der Waals surface area contributed by atoms with Crippen molar-refractivity contribution in [2.45, 2.75) is 33.1 Å². The van der Waals surface area contributed by atoms with E-state index in [0.717, 1.165) is 25.9 Å². The first-order valence-corrected chi connectivity index (χ1v) is 6.85. The fraction of sp³-hybridized carbons (Fsp3) is 0.471. The molecule has 0 atom stereocenters. The molecule has 0 aliphatic carbocycles. The average molecular weight is 257 g/mol. The Hall–Kier alpha value is -1.59. The van der Waals surface area contributed by atoms with Crippen LogP contribution in [-0.2, 0) is 4.74 Å². The van der Waals surface area contributed by atoms with Crippen LogP contribution in [0.2, 0.25) is 0 Å². The maximum Gasteiger partial charge on any atom is 0.0683 e. The summed E-state index contributed by atoms with van der Waals surface area (Å²) in [6, 6.07) is 12.5. The molecule has 0 unspecified atom stereocenters. The highest BCUT2D eigenvalue weighted by atomic mass is 16.5. The van der Waals surface area contributed by atoms with Gasteiger partial charge in [-0.15, -0.1) is 0 Å². The highest BCUT2D eigenvalue weighted by Gasteiger charge is 2.15. The normalized spacial score (nSPS) is 11.6. The second kappa shape index (κ2) is 8.50. The van der Waals surface area contributed by atoms with E-state index in [1.807, 2.05) is 38.1 Å². The molecular formula is C17H23NO. The first-order valence-electron chi connectivity index (χ1n) is 6.85. The molecule has 0 amide bonds. The Kier molecular flexibility index (Phi) is 6.92. The first-order chi connectivity index (χ1) is 9.14. The van der Waals surface area contributed by atoms with Gasteiger partial charge >= 0.3 is 0 Å². The zero-order valence-electron chi connectivity index (χ0n) is 11.9. The van der Waals surface area contributed by atoms with Crippen LogP contribution in [-0.4, -0.2) is 13.2 Å². The molecule has 2 nitrogen and oxygen atoms in total. The van der Waals surface area contributed by atoms with Crippen molar-refractivity contribution in [2.75, 3.05) is 13.2 Å². The molecule has 102 valence electrons. The summed E-state index contributed by atoms with van der Waals surface area (Å²) in [5.41, 5.74) is 0.995. The second-order valence-corrected chi connectivity index (χ2v) is 5.34. The van der Waals surface area contributed by atoms with Gasteiger partial charge in [0.05, 0.1) is 18.1 Å². The predicted octanol–water partition coefficient (Wildman–Crippen LogP) is 4.44. The van der Waals surface area contributed by atoms with Gasteiger partial charge in [-0.3, -0.25) is 0 Å². The lowest BCUT2D eigenvalue weighted by Crippen LogP contribution is -2.07. The van der Waals surface area contributed by atoms with Crippen LogP contribution in [0.3, 0.4) is 0 Å². The minimum atomic E-state index is -0.201. The predicted molar refractivity (Wildman–Crippen MR) is 79.5 cm³/mol. The summed E-state index contributed by atoms with van der Waals surface area (Å²) >= 11 is 0. The zero-order chi connectivity index (χ0) is 14.0. The smallest absolute Gasteiger partial charge is 0.0683 e. The largest absolute Gasteiger partial charge is 0.377 e. The van der Waals surface area contributed by atoms with Crippen molar-refractivity contribution in [1.29, 1.82) is 5.26 Å². The lowest BCUT2D eigenvalue weighted by atomic mass is 9.89. The number of rotatable bonds is 8. The van der Waals surface area contributed by atoms with Crippen LogP contribution < -0.4 is 0 Å². The quantitative estimate of drug-likeness (QED) is 0.645. The van der Waals surface area contributed by atoms with E-state index in [1.165, 1.54) is 5.56 Å². The third-order valence-electron chi connectivity index (χ3n) is 2.97. The van der Waals surface area contributed by atoms with Crippen LogP contribution in [0.4, 0.5) is 0 Å². The summed E-state index contributed by atoms with van der Waals surface area (Å²) in [6.45, 7) is 5.38. The number of nitrogens with zero attached hydrogens (tertiary/aromatic N) is 1. The van der Waals surface area contributed by atoms with E-state index in [0.29, 0.717) is 6.61 Å². The molecule has 0 spiro atoms. The van der Waals surface area contributed by atoms with Gasteiger partial charge in [0.1, 0.15) is 0 Å². The summed E-state index contributed by atoms with van der Waals surface area (Å²) in [7, 11) is 0. The number of nitriles is 1. The number of benzene rings is 1. The average Bonchev–Trinajstić information content (AvgIpc) is 2.43. The number of hydrogen-bond donors (Lipinski definition) is 0. The fourth-order valence-corrected chi connectivity index (χ4v) is 1.73. The van der Waals surface area contributed by atoms with Gasteiger partial charge in [0.15, 0.2) is 0 Å². The molecule has 0 bridgehead atoms. The van der Waals surface area contributed by atoms with Crippen LogP contribution in [0.5, 0.6) is 0 Å². The number of hydrogen-bond acceptors (Lipinski definition) is 2. The Balaban J connectivity index is 2.03. The van der Waals surface area contributed by atoms with Gasteiger partial charge in [-0.2, -0.15) is 5.26 Å². The van der Waals surface area contributed by atoms with Gasteiger partial charge in [0.2, 0.25) is 0 Å². The van der Waals surface area contributed by atoms with Crippen molar-refractivity contribution in [3.63, 3.8) is 0 Å². The maximum atomic E-state index is 8.88. The molecule has 0 saturated carbocycles. The standard InChI is InChI=1S/C17H23NO/c1-17(2,15-18)12-6-7-13-19-14-8-11-16-9-4-3-5-10-16/h3-5,8-11H,6-7,12-14H2,1-2H3/b11-8+. The molecule has 2 heteroatoms. The topological polar surface area (TPSA) is 33.0 Å². The Bertz CT molecular complexity index is 415. The third kappa shape index (κ3) is 7.43. The summed E-state index contributed by atoms with van der Waals surface area (Å²) in [6.07, 6.45) is 7.10. The van der Waals surface area contributed by atoms with Crippen LogP contribution >= 0.6 is 0 Å². The van der Waals surface area contributed by atoms with Crippen molar-refractivity contribution in [2.24, 2.45) is 5.41 Å². The van der Waals surface area contributed by atoms with Gasteiger partial charge in [-0.05, 0) is 38.7 Å². The van der Waals surface area contributed by atoms with E-state index < -0.39 is 0 Å². The van der Waals surface area contributed by atoms with Crippen molar-refractivity contribution in [1.82, 2.24) is 0 Å². The number of unbranched alkanes of at least 4 members (excludes halogenated alkanes) is 1. The lowest BCUT2D eigenvalue weighted by Gasteiger charge is -2.13. The third-order valence-corrected chi connectivity index (χ3v) is 2.97. The van der Waals surface area contributed by atoms with Crippen LogP contribution in [0.25, 0.3) is 6.08 Å². The summed E-state index contributed by atoms with van der Waals surface area (Å²) < 4.78 is 5.53. The lowest BCUT2D eigenvalue weighted by molar-refractivity contribution is 0.155. The maximum absolute atomic E-state index is 8.88. The van der Waals surface area contributed by atoms with Gasteiger partial charge in [-0.1, -0.05) is 42.5 Å². The van der Waals surface area contributed by atoms with Crippen molar-refractivity contribution >= 4 is 6.08 Å². The summed E-state index contributed by atoms with van der Waals surface area (Å²) in [5, 5.41) is 8.88. The minimum Gasteiger partial charge on any atom is -0.377 e. The van der Waals surface area contributed by atoms with E-state index in [9.17, 15) is 0 Å². The first kappa shape index (κ1) is 15.5.